The average Bonchev–Trinajstić information content (AvgIpc) is 2.89. The molecule has 4 heterocycles. The van der Waals surface area contributed by atoms with Crippen LogP contribution in [0, 0.1) is 0 Å². The number of anilines is 3. The van der Waals surface area contributed by atoms with Gasteiger partial charge in [-0.2, -0.15) is 4.98 Å². The lowest BCUT2D eigenvalue weighted by Gasteiger charge is -2.38. The fraction of sp³-hybridized carbons (Fsp3) is 0.542. The smallest absolute Gasteiger partial charge is 0.227 e. The first-order valence-electron chi connectivity index (χ1n) is 11.9. The number of aromatic nitrogens is 2. The maximum atomic E-state index is 11.7. The Labute approximate surface area is 195 Å². The van der Waals surface area contributed by atoms with Gasteiger partial charge in [0.1, 0.15) is 11.9 Å². The van der Waals surface area contributed by atoms with E-state index in [1.807, 2.05) is 4.90 Å². The van der Waals surface area contributed by atoms with E-state index >= 15 is 0 Å². The summed E-state index contributed by atoms with van der Waals surface area (Å²) in [6, 6.07) is 12.6. The van der Waals surface area contributed by atoms with E-state index in [0.29, 0.717) is 6.61 Å². The van der Waals surface area contributed by atoms with Crippen molar-refractivity contribution in [3.63, 3.8) is 0 Å². The van der Waals surface area contributed by atoms with Gasteiger partial charge in [0.2, 0.25) is 11.9 Å². The molecule has 9 heteroatoms. The Morgan fingerprint density at radius 1 is 0.939 bits per heavy atom. The second-order valence-corrected chi connectivity index (χ2v) is 8.82. The SMILES string of the molecule is CC(=O)N1CCN(c2cc(C3CNCCO3)nc(N3CCN(c4ccccc4)CC3)n2)CC1. The molecule has 0 bridgehead atoms. The summed E-state index contributed by atoms with van der Waals surface area (Å²) in [6.07, 6.45) is -0.0663. The predicted molar refractivity (Wildman–Crippen MR) is 129 cm³/mol. The van der Waals surface area contributed by atoms with Gasteiger partial charge in [-0.05, 0) is 12.1 Å². The van der Waals surface area contributed by atoms with Crippen molar-refractivity contribution in [2.75, 3.05) is 86.8 Å². The molecule has 3 aliphatic heterocycles. The van der Waals surface area contributed by atoms with Crippen LogP contribution in [0.15, 0.2) is 36.4 Å². The van der Waals surface area contributed by atoms with E-state index in [9.17, 15) is 4.79 Å². The summed E-state index contributed by atoms with van der Waals surface area (Å²) in [5.74, 6) is 1.84. The molecule has 1 unspecified atom stereocenters. The first-order chi connectivity index (χ1) is 16.2. The number of hydrogen-bond acceptors (Lipinski definition) is 8. The van der Waals surface area contributed by atoms with Crippen molar-refractivity contribution in [3.8, 4) is 0 Å². The average molecular weight is 452 g/mol. The Bertz CT molecular complexity index is 935. The zero-order valence-corrected chi connectivity index (χ0v) is 19.3. The summed E-state index contributed by atoms with van der Waals surface area (Å²) in [5, 5.41) is 3.41. The van der Waals surface area contributed by atoms with Gasteiger partial charge in [0.15, 0.2) is 0 Å². The number of para-hydroxylation sites is 1. The summed E-state index contributed by atoms with van der Waals surface area (Å²) in [6.45, 7) is 10.6. The standard InChI is InChI=1S/C24H33N7O2/c1-19(32)28-8-12-30(13-9-28)23-17-21(22-18-25-7-16-33-22)26-24(27-23)31-14-10-29(11-15-31)20-5-3-2-4-6-20/h2-6,17,22,25H,7-16,18H2,1H3. The number of carbonyl (C=O) groups is 1. The number of piperazine rings is 2. The Balaban J connectivity index is 1.35. The number of nitrogens with zero attached hydrogens (tertiary/aromatic N) is 6. The molecule has 33 heavy (non-hydrogen) atoms. The normalized spacial score (nSPS) is 21.9. The first kappa shape index (κ1) is 21.9. The van der Waals surface area contributed by atoms with Gasteiger partial charge >= 0.3 is 0 Å². The first-order valence-corrected chi connectivity index (χ1v) is 11.9. The second kappa shape index (κ2) is 9.93. The van der Waals surface area contributed by atoms with Crippen LogP contribution in [-0.2, 0) is 9.53 Å². The molecule has 1 atom stereocenters. The Morgan fingerprint density at radius 3 is 2.30 bits per heavy atom. The van der Waals surface area contributed by atoms with Crippen LogP contribution in [0.3, 0.4) is 0 Å². The molecule has 1 aromatic heterocycles. The third-order valence-electron chi connectivity index (χ3n) is 6.71. The number of hydrogen-bond donors (Lipinski definition) is 1. The van der Waals surface area contributed by atoms with Gasteiger partial charge in [-0.3, -0.25) is 4.79 Å². The van der Waals surface area contributed by atoms with Crippen LogP contribution in [0.25, 0.3) is 0 Å². The van der Waals surface area contributed by atoms with Crippen LogP contribution in [0.4, 0.5) is 17.5 Å². The number of carbonyl (C=O) groups excluding carboxylic acids is 1. The molecule has 5 rings (SSSR count). The van der Waals surface area contributed by atoms with Crippen LogP contribution < -0.4 is 20.0 Å². The number of nitrogens with one attached hydrogen (secondary N) is 1. The lowest BCUT2D eigenvalue weighted by molar-refractivity contribution is -0.129. The Morgan fingerprint density at radius 2 is 1.64 bits per heavy atom. The van der Waals surface area contributed by atoms with E-state index in [1.165, 1.54) is 5.69 Å². The van der Waals surface area contributed by atoms with Gasteiger partial charge in [0.05, 0.1) is 12.3 Å². The highest BCUT2D eigenvalue weighted by atomic mass is 16.5. The van der Waals surface area contributed by atoms with E-state index in [4.69, 9.17) is 14.7 Å². The van der Waals surface area contributed by atoms with Gasteiger partial charge in [-0.1, -0.05) is 18.2 Å². The van der Waals surface area contributed by atoms with Gasteiger partial charge < -0.3 is 29.7 Å². The lowest BCUT2D eigenvalue weighted by atomic mass is 10.2. The predicted octanol–water partition coefficient (Wildman–Crippen LogP) is 1.13. The topological polar surface area (TPSA) is 77.1 Å². The van der Waals surface area contributed by atoms with Crippen LogP contribution >= 0.6 is 0 Å². The highest BCUT2D eigenvalue weighted by Crippen LogP contribution is 2.26. The van der Waals surface area contributed by atoms with Gasteiger partial charge in [-0.15, -0.1) is 0 Å². The number of benzene rings is 1. The molecule has 0 aliphatic carbocycles. The summed E-state index contributed by atoms with van der Waals surface area (Å²) in [7, 11) is 0. The van der Waals surface area contributed by atoms with Crippen molar-refractivity contribution in [1.29, 1.82) is 0 Å². The van der Waals surface area contributed by atoms with Crippen LogP contribution in [-0.4, -0.2) is 92.8 Å². The molecule has 3 fully saturated rings. The van der Waals surface area contributed by atoms with E-state index in [1.54, 1.807) is 6.92 Å². The fourth-order valence-corrected chi connectivity index (χ4v) is 4.72. The zero-order valence-electron chi connectivity index (χ0n) is 19.3. The number of amides is 1. The fourth-order valence-electron chi connectivity index (χ4n) is 4.72. The van der Waals surface area contributed by atoms with E-state index < -0.39 is 0 Å². The van der Waals surface area contributed by atoms with Crippen molar-refractivity contribution < 1.29 is 9.53 Å². The number of ether oxygens (including phenoxy) is 1. The lowest BCUT2D eigenvalue weighted by Crippen LogP contribution is -2.49. The quantitative estimate of drug-likeness (QED) is 0.742. The van der Waals surface area contributed by atoms with Gasteiger partial charge in [0.25, 0.3) is 0 Å². The molecule has 1 N–H and O–H groups in total. The maximum absolute atomic E-state index is 11.7. The number of morpholine rings is 1. The van der Waals surface area contributed by atoms with Crippen LogP contribution in [0.2, 0.25) is 0 Å². The molecule has 1 aromatic carbocycles. The Kier molecular flexibility index (Phi) is 6.59. The maximum Gasteiger partial charge on any atom is 0.227 e. The minimum atomic E-state index is -0.0663. The summed E-state index contributed by atoms with van der Waals surface area (Å²) < 4.78 is 6.02. The molecule has 0 spiro atoms. The third kappa shape index (κ3) is 5.04. The molecule has 3 saturated heterocycles. The molecule has 9 nitrogen and oxygen atoms in total. The van der Waals surface area contributed by atoms with E-state index in [-0.39, 0.29) is 12.0 Å². The highest BCUT2D eigenvalue weighted by molar-refractivity contribution is 5.73. The van der Waals surface area contributed by atoms with Crippen molar-refractivity contribution in [3.05, 3.63) is 42.1 Å². The molecule has 3 aliphatic rings. The van der Waals surface area contributed by atoms with Crippen molar-refractivity contribution >= 4 is 23.4 Å². The van der Waals surface area contributed by atoms with Crippen LogP contribution in [0.5, 0.6) is 0 Å². The monoisotopic (exact) mass is 451 g/mol. The summed E-state index contributed by atoms with van der Waals surface area (Å²) >= 11 is 0. The molecule has 2 aromatic rings. The molecule has 1 amide bonds. The zero-order chi connectivity index (χ0) is 22.6. The molecule has 0 saturated carbocycles. The second-order valence-electron chi connectivity index (χ2n) is 8.82. The summed E-state index contributed by atoms with van der Waals surface area (Å²) in [4.78, 5) is 30.5. The Hall–Kier alpha value is -2.91. The van der Waals surface area contributed by atoms with Crippen molar-refractivity contribution in [1.82, 2.24) is 20.2 Å². The third-order valence-corrected chi connectivity index (χ3v) is 6.71. The van der Waals surface area contributed by atoms with Crippen molar-refractivity contribution in [2.24, 2.45) is 0 Å². The molecule has 176 valence electrons. The largest absolute Gasteiger partial charge is 0.369 e. The molecular weight excluding hydrogens is 418 g/mol. The summed E-state index contributed by atoms with van der Waals surface area (Å²) in [5.41, 5.74) is 2.19. The highest BCUT2D eigenvalue weighted by Gasteiger charge is 2.26. The minimum Gasteiger partial charge on any atom is -0.369 e. The number of rotatable bonds is 4. The van der Waals surface area contributed by atoms with E-state index in [2.05, 4.69) is 56.4 Å². The van der Waals surface area contributed by atoms with E-state index in [0.717, 1.165) is 82.9 Å². The van der Waals surface area contributed by atoms with Gasteiger partial charge in [0, 0.05) is 84.1 Å². The molecular formula is C24H33N7O2. The van der Waals surface area contributed by atoms with Crippen molar-refractivity contribution in [2.45, 2.75) is 13.0 Å². The van der Waals surface area contributed by atoms with Crippen LogP contribution in [0.1, 0.15) is 18.7 Å². The molecule has 0 radical (unpaired) electrons. The van der Waals surface area contributed by atoms with Gasteiger partial charge in [-0.25, -0.2) is 4.98 Å². The minimum absolute atomic E-state index is 0.0663.